The minimum Gasteiger partial charge on any atom is -0.508 e. The Kier molecular flexibility index (Phi) is 4.76. The van der Waals surface area contributed by atoms with Gasteiger partial charge in [-0.15, -0.1) is 11.3 Å². The van der Waals surface area contributed by atoms with Gasteiger partial charge in [0.25, 0.3) is 0 Å². The highest BCUT2D eigenvalue weighted by molar-refractivity contribution is 7.10. The predicted molar refractivity (Wildman–Crippen MR) is 82.0 cm³/mol. The molecule has 1 heterocycles. The number of phenols is 1. The van der Waals surface area contributed by atoms with Gasteiger partial charge in [-0.1, -0.05) is 12.1 Å². The molecule has 0 aliphatic carbocycles. The van der Waals surface area contributed by atoms with Crippen molar-refractivity contribution in [2.45, 2.75) is 26.4 Å². The minimum atomic E-state index is -0.0642. The van der Waals surface area contributed by atoms with Gasteiger partial charge in [-0.25, -0.2) is 0 Å². The minimum absolute atomic E-state index is 0.0642. The maximum Gasteiger partial charge on any atom is 0.221 e. The zero-order valence-corrected chi connectivity index (χ0v) is 12.3. The van der Waals surface area contributed by atoms with Crippen LogP contribution < -0.4 is 10.6 Å². The van der Waals surface area contributed by atoms with Crippen molar-refractivity contribution in [1.82, 2.24) is 5.32 Å². The molecular formula is C15H18N2O2S. The van der Waals surface area contributed by atoms with Crippen molar-refractivity contribution >= 4 is 22.9 Å². The van der Waals surface area contributed by atoms with Crippen LogP contribution in [0, 0.1) is 0 Å². The monoisotopic (exact) mass is 290 g/mol. The lowest BCUT2D eigenvalue weighted by atomic mass is 10.1. The fourth-order valence-electron chi connectivity index (χ4n) is 1.94. The molecule has 2 rings (SSSR count). The highest BCUT2D eigenvalue weighted by Gasteiger charge is 2.09. The number of aromatic hydroxyl groups is 1. The number of amides is 1. The molecular weight excluding hydrogens is 272 g/mol. The molecule has 1 atom stereocenters. The summed E-state index contributed by atoms with van der Waals surface area (Å²) in [6, 6.07) is 9.24. The number of carbonyl (C=O) groups excluding carboxylic acids is 1. The number of carbonyl (C=O) groups is 1. The van der Waals surface area contributed by atoms with E-state index in [1.807, 2.05) is 30.5 Å². The van der Waals surface area contributed by atoms with Crippen LogP contribution in [0.5, 0.6) is 5.75 Å². The number of benzene rings is 1. The first-order valence-electron chi connectivity index (χ1n) is 6.42. The number of rotatable bonds is 5. The van der Waals surface area contributed by atoms with Gasteiger partial charge < -0.3 is 15.7 Å². The first-order chi connectivity index (χ1) is 9.56. The molecule has 0 saturated heterocycles. The molecule has 4 nitrogen and oxygen atoms in total. The van der Waals surface area contributed by atoms with Crippen LogP contribution in [-0.4, -0.2) is 11.0 Å². The maximum atomic E-state index is 11.1. The Morgan fingerprint density at radius 3 is 2.90 bits per heavy atom. The van der Waals surface area contributed by atoms with Crippen LogP contribution in [0.4, 0.5) is 5.69 Å². The van der Waals surface area contributed by atoms with E-state index in [9.17, 15) is 9.90 Å². The van der Waals surface area contributed by atoms with E-state index in [-0.39, 0.29) is 17.7 Å². The Morgan fingerprint density at radius 2 is 2.20 bits per heavy atom. The Balaban J connectivity index is 1.98. The van der Waals surface area contributed by atoms with Crippen molar-refractivity contribution in [1.29, 1.82) is 0 Å². The molecule has 3 N–H and O–H groups in total. The van der Waals surface area contributed by atoms with E-state index < -0.39 is 0 Å². The number of hydrogen-bond donors (Lipinski definition) is 3. The molecule has 5 heteroatoms. The number of thiophene rings is 1. The standard InChI is InChI=1S/C15H18N2O2S/c1-10(12-4-3-5-13(19)8-12)16-9-15-14(6-7-20-15)17-11(2)18/h3-8,10,16,19H,9H2,1-2H3,(H,17,18). The second-order valence-electron chi connectivity index (χ2n) is 4.64. The molecule has 1 amide bonds. The predicted octanol–water partition coefficient (Wildman–Crippen LogP) is 3.26. The van der Waals surface area contributed by atoms with Crippen molar-refractivity contribution in [3.63, 3.8) is 0 Å². The van der Waals surface area contributed by atoms with Gasteiger partial charge in [-0.05, 0) is 36.1 Å². The Morgan fingerprint density at radius 1 is 1.40 bits per heavy atom. The van der Waals surface area contributed by atoms with Crippen molar-refractivity contribution in [3.8, 4) is 5.75 Å². The average molecular weight is 290 g/mol. The van der Waals surface area contributed by atoms with Crippen LogP contribution in [-0.2, 0) is 11.3 Å². The molecule has 1 unspecified atom stereocenters. The van der Waals surface area contributed by atoms with Crippen molar-refractivity contribution in [2.75, 3.05) is 5.32 Å². The van der Waals surface area contributed by atoms with Crippen LogP contribution >= 0.6 is 11.3 Å². The van der Waals surface area contributed by atoms with Gasteiger partial charge in [-0.3, -0.25) is 4.79 Å². The summed E-state index contributed by atoms with van der Waals surface area (Å²) in [5.74, 6) is 0.205. The third-order valence-corrected chi connectivity index (χ3v) is 3.92. The summed E-state index contributed by atoms with van der Waals surface area (Å²) >= 11 is 1.61. The summed E-state index contributed by atoms with van der Waals surface area (Å²) in [7, 11) is 0. The highest BCUT2D eigenvalue weighted by atomic mass is 32.1. The van der Waals surface area contributed by atoms with Gasteiger partial charge in [0.15, 0.2) is 0 Å². The second kappa shape index (κ2) is 6.54. The third-order valence-electron chi connectivity index (χ3n) is 3.00. The third kappa shape index (κ3) is 3.82. The number of anilines is 1. The van der Waals surface area contributed by atoms with Gasteiger partial charge >= 0.3 is 0 Å². The zero-order chi connectivity index (χ0) is 14.5. The van der Waals surface area contributed by atoms with E-state index in [1.54, 1.807) is 23.5 Å². The van der Waals surface area contributed by atoms with Crippen LogP contribution in [0.2, 0.25) is 0 Å². The average Bonchev–Trinajstić information content (AvgIpc) is 2.82. The first-order valence-corrected chi connectivity index (χ1v) is 7.30. The summed E-state index contributed by atoms with van der Waals surface area (Å²) in [6.45, 7) is 4.22. The molecule has 1 aromatic heterocycles. The maximum absolute atomic E-state index is 11.1. The summed E-state index contributed by atoms with van der Waals surface area (Å²) in [6.07, 6.45) is 0. The zero-order valence-electron chi connectivity index (χ0n) is 11.5. The summed E-state index contributed by atoms with van der Waals surface area (Å²) < 4.78 is 0. The first kappa shape index (κ1) is 14.6. The van der Waals surface area contributed by atoms with E-state index >= 15 is 0 Å². The largest absolute Gasteiger partial charge is 0.508 e. The normalized spacial score (nSPS) is 12.1. The van der Waals surface area contributed by atoms with Gasteiger partial charge in [0.2, 0.25) is 5.91 Å². The van der Waals surface area contributed by atoms with Crippen LogP contribution in [0.25, 0.3) is 0 Å². The molecule has 2 aromatic rings. The summed E-state index contributed by atoms with van der Waals surface area (Å²) in [5.41, 5.74) is 1.89. The van der Waals surface area contributed by atoms with E-state index in [4.69, 9.17) is 0 Å². The number of phenolic OH excluding ortho intramolecular Hbond substituents is 1. The Labute approximate surface area is 122 Å². The SMILES string of the molecule is CC(=O)Nc1ccsc1CNC(C)c1cccc(O)c1. The van der Waals surface area contributed by atoms with Crippen LogP contribution in [0.15, 0.2) is 35.7 Å². The Bertz CT molecular complexity index is 595. The topological polar surface area (TPSA) is 61.4 Å². The highest BCUT2D eigenvalue weighted by Crippen LogP contribution is 2.24. The lowest BCUT2D eigenvalue weighted by molar-refractivity contribution is -0.114. The molecule has 0 aliphatic heterocycles. The molecule has 0 spiro atoms. The quantitative estimate of drug-likeness (QED) is 0.792. The van der Waals surface area contributed by atoms with Crippen LogP contribution in [0.3, 0.4) is 0 Å². The smallest absolute Gasteiger partial charge is 0.221 e. The molecule has 0 aliphatic rings. The van der Waals surface area contributed by atoms with Gasteiger partial charge in [0.05, 0.1) is 5.69 Å². The summed E-state index contributed by atoms with van der Waals surface area (Å²) in [4.78, 5) is 12.2. The molecule has 0 radical (unpaired) electrons. The fraction of sp³-hybridized carbons (Fsp3) is 0.267. The van der Waals surface area contributed by atoms with Gasteiger partial charge in [0.1, 0.15) is 5.75 Å². The Hall–Kier alpha value is -1.85. The molecule has 1 aromatic carbocycles. The van der Waals surface area contributed by atoms with E-state index in [1.165, 1.54) is 6.92 Å². The molecule has 0 fully saturated rings. The van der Waals surface area contributed by atoms with E-state index in [0.717, 1.165) is 16.1 Å². The van der Waals surface area contributed by atoms with Crippen molar-refractivity contribution in [3.05, 3.63) is 46.2 Å². The van der Waals surface area contributed by atoms with Gasteiger partial charge in [-0.2, -0.15) is 0 Å². The van der Waals surface area contributed by atoms with Gasteiger partial charge in [0, 0.05) is 24.4 Å². The lowest BCUT2D eigenvalue weighted by Crippen LogP contribution is -2.18. The summed E-state index contributed by atoms with van der Waals surface area (Å²) in [5, 5.41) is 17.7. The van der Waals surface area contributed by atoms with Crippen molar-refractivity contribution < 1.29 is 9.90 Å². The molecule has 20 heavy (non-hydrogen) atoms. The molecule has 0 saturated carbocycles. The van der Waals surface area contributed by atoms with Crippen molar-refractivity contribution in [2.24, 2.45) is 0 Å². The fourth-order valence-corrected chi connectivity index (χ4v) is 2.72. The number of hydrogen-bond acceptors (Lipinski definition) is 4. The van der Waals surface area contributed by atoms with E-state index in [2.05, 4.69) is 10.6 Å². The lowest BCUT2D eigenvalue weighted by Gasteiger charge is -2.14. The number of nitrogens with one attached hydrogen (secondary N) is 2. The van der Waals surface area contributed by atoms with Crippen LogP contribution in [0.1, 0.15) is 30.3 Å². The molecule has 106 valence electrons. The van der Waals surface area contributed by atoms with E-state index in [0.29, 0.717) is 6.54 Å². The second-order valence-corrected chi connectivity index (χ2v) is 5.64. The molecule has 0 bridgehead atoms.